The fraction of sp³-hybridized carbons (Fsp3) is 0.643. The highest BCUT2D eigenvalue weighted by atomic mass is 32.2. The first-order valence-electron chi connectivity index (χ1n) is 7.28. The largest absolute Gasteiger partial charge is 0.480 e. The number of hydrogen-bond donors (Lipinski definition) is 2. The third-order valence-electron chi connectivity index (χ3n) is 3.92. The van der Waals surface area contributed by atoms with Gasteiger partial charge in [0.25, 0.3) is 10.0 Å². The molecular weight excluding hydrogens is 310 g/mol. The Balaban J connectivity index is 2.16. The number of sulfonamides is 1. The van der Waals surface area contributed by atoms with Crippen LogP contribution >= 0.6 is 11.3 Å². The zero-order chi connectivity index (χ0) is 15.5. The van der Waals surface area contributed by atoms with E-state index in [9.17, 15) is 18.3 Å². The molecule has 1 heterocycles. The van der Waals surface area contributed by atoms with Crippen LogP contribution in [0.4, 0.5) is 0 Å². The van der Waals surface area contributed by atoms with Crippen molar-refractivity contribution in [3.05, 3.63) is 17.0 Å². The van der Waals surface area contributed by atoms with Crippen LogP contribution in [0.1, 0.15) is 43.9 Å². The SMILES string of the molecule is CCc1ccc(S(=O)(=O)NC(C(=O)O)C2CCCCC2)s1. The lowest BCUT2D eigenvalue weighted by atomic mass is 9.84. The van der Waals surface area contributed by atoms with Gasteiger partial charge in [0.05, 0.1) is 0 Å². The van der Waals surface area contributed by atoms with Gasteiger partial charge in [0.15, 0.2) is 0 Å². The summed E-state index contributed by atoms with van der Waals surface area (Å²) in [6, 6.07) is 2.30. The first kappa shape index (κ1) is 16.5. The zero-order valence-corrected chi connectivity index (χ0v) is 13.7. The first-order valence-corrected chi connectivity index (χ1v) is 9.58. The lowest BCUT2D eigenvalue weighted by molar-refractivity contribution is -0.140. The van der Waals surface area contributed by atoms with Crippen LogP contribution in [-0.2, 0) is 21.2 Å². The highest BCUT2D eigenvalue weighted by Crippen LogP contribution is 2.28. The number of thiophene rings is 1. The second-order valence-electron chi connectivity index (χ2n) is 5.41. The van der Waals surface area contributed by atoms with Crippen molar-refractivity contribution in [1.82, 2.24) is 4.72 Å². The molecule has 1 aromatic rings. The molecule has 0 aromatic carbocycles. The van der Waals surface area contributed by atoms with E-state index in [4.69, 9.17) is 0 Å². The monoisotopic (exact) mass is 331 g/mol. The summed E-state index contributed by atoms with van der Waals surface area (Å²) in [6.07, 6.45) is 5.34. The summed E-state index contributed by atoms with van der Waals surface area (Å²) in [7, 11) is -3.76. The van der Waals surface area contributed by atoms with E-state index in [2.05, 4.69) is 4.72 Å². The zero-order valence-electron chi connectivity index (χ0n) is 12.0. The third kappa shape index (κ3) is 4.05. The number of nitrogens with one attached hydrogen (secondary N) is 1. The Morgan fingerprint density at radius 1 is 1.38 bits per heavy atom. The number of rotatable bonds is 6. The van der Waals surface area contributed by atoms with E-state index in [-0.39, 0.29) is 10.1 Å². The first-order chi connectivity index (χ1) is 9.94. The Morgan fingerprint density at radius 3 is 2.57 bits per heavy atom. The van der Waals surface area contributed by atoms with Gasteiger partial charge < -0.3 is 5.11 Å². The van der Waals surface area contributed by atoms with Gasteiger partial charge in [-0.3, -0.25) is 4.79 Å². The molecule has 118 valence electrons. The molecule has 7 heteroatoms. The molecule has 5 nitrogen and oxygen atoms in total. The smallest absolute Gasteiger partial charge is 0.322 e. The molecule has 2 rings (SSSR count). The van der Waals surface area contributed by atoms with Crippen LogP contribution in [0.2, 0.25) is 0 Å². The van der Waals surface area contributed by atoms with Gasteiger partial charge >= 0.3 is 5.97 Å². The molecule has 1 atom stereocenters. The van der Waals surface area contributed by atoms with Gasteiger partial charge in [-0.05, 0) is 37.3 Å². The molecule has 2 N–H and O–H groups in total. The quantitative estimate of drug-likeness (QED) is 0.839. The molecular formula is C14H21NO4S2. The Bertz CT molecular complexity index is 588. The molecule has 1 aromatic heterocycles. The van der Waals surface area contributed by atoms with Crippen LogP contribution in [0, 0.1) is 5.92 Å². The molecule has 0 saturated heterocycles. The number of aryl methyl sites for hydroxylation is 1. The standard InChI is InChI=1S/C14H21NO4S2/c1-2-11-8-9-12(20-11)21(18,19)15-13(14(16)17)10-6-4-3-5-7-10/h8-10,13,15H,2-7H2,1H3,(H,16,17). The van der Waals surface area contributed by atoms with E-state index >= 15 is 0 Å². The predicted octanol–water partition coefficient (Wildman–Crippen LogP) is 2.62. The average Bonchev–Trinajstić information content (AvgIpc) is 2.95. The second-order valence-corrected chi connectivity index (χ2v) is 8.52. The lowest BCUT2D eigenvalue weighted by Crippen LogP contribution is -2.46. The highest BCUT2D eigenvalue weighted by molar-refractivity contribution is 7.91. The minimum absolute atomic E-state index is 0.114. The summed E-state index contributed by atoms with van der Waals surface area (Å²) in [4.78, 5) is 12.4. The Morgan fingerprint density at radius 2 is 2.05 bits per heavy atom. The summed E-state index contributed by atoms with van der Waals surface area (Å²) < 4.78 is 27.3. The highest BCUT2D eigenvalue weighted by Gasteiger charge is 2.33. The van der Waals surface area contributed by atoms with E-state index in [1.807, 2.05) is 6.92 Å². The number of carboxylic acid groups (broad SMARTS) is 1. The normalized spacial score (nSPS) is 18.5. The van der Waals surface area contributed by atoms with Gasteiger partial charge in [-0.1, -0.05) is 26.2 Å². The molecule has 1 aliphatic rings. The van der Waals surface area contributed by atoms with Gasteiger partial charge in [0.1, 0.15) is 10.3 Å². The molecule has 0 radical (unpaired) electrons. The van der Waals surface area contributed by atoms with Crippen molar-refractivity contribution in [2.45, 2.75) is 55.7 Å². The number of aliphatic carboxylic acids is 1. The van der Waals surface area contributed by atoms with E-state index in [1.165, 1.54) is 11.3 Å². The van der Waals surface area contributed by atoms with Crippen molar-refractivity contribution in [3.8, 4) is 0 Å². The van der Waals surface area contributed by atoms with Crippen molar-refractivity contribution in [1.29, 1.82) is 0 Å². The van der Waals surface area contributed by atoms with Crippen LogP contribution in [-0.4, -0.2) is 25.5 Å². The van der Waals surface area contributed by atoms with Crippen LogP contribution in [0.5, 0.6) is 0 Å². The summed E-state index contributed by atoms with van der Waals surface area (Å²) >= 11 is 1.20. The predicted molar refractivity (Wildman–Crippen MR) is 82.0 cm³/mol. The molecule has 1 saturated carbocycles. The van der Waals surface area contributed by atoms with Crippen LogP contribution < -0.4 is 4.72 Å². The molecule has 21 heavy (non-hydrogen) atoms. The fourth-order valence-electron chi connectivity index (χ4n) is 2.73. The number of carbonyl (C=O) groups is 1. The Kier molecular flexibility index (Phi) is 5.40. The van der Waals surface area contributed by atoms with Gasteiger partial charge in [-0.25, -0.2) is 8.42 Å². The topological polar surface area (TPSA) is 83.5 Å². The number of hydrogen-bond acceptors (Lipinski definition) is 4. The van der Waals surface area contributed by atoms with Crippen LogP contribution in [0.3, 0.4) is 0 Å². The third-order valence-corrected chi connectivity index (χ3v) is 7.08. The van der Waals surface area contributed by atoms with Crippen LogP contribution in [0.15, 0.2) is 16.3 Å². The van der Waals surface area contributed by atoms with Gasteiger partial charge in [0.2, 0.25) is 0 Å². The van der Waals surface area contributed by atoms with Crippen molar-refractivity contribution in [3.63, 3.8) is 0 Å². The second kappa shape index (κ2) is 6.89. The van der Waals surface area contributed by atoms with Crippen molar-refractivity contribution in [2.75, 3.05) is 0 Å². The molecule has 0 spiro atoms. The minimum Gasteiger partial charge on any atom is -0.480 e. The molecule has 0 aliphatic heterocycles. The molecule has 1 aliphatic carbocycles. The minimum atomic E-state index is -3.76. The fourth-order valence-corrected chi connectivity index (χ4v) is 5.30. The van der Waals surface area contributed by atoms with E-state index < -0.39 is 22.0 Å². The van der Waals surface area contributed by atoms with E-state index in [0.717, 1.165) is 43.4 Å². The van der Waals surface area contributed by atoms with Crippen molar-refractivity contribution in [2.24, 2.45) is 5.92 Å². The maximum Gasteiger partial charge on any atom is 0.322 e. The van der Waals surface area contributed by atoms with Crippen molar-refractivity contribution >= 4 is 27.3 Å². The van der Waals surface area contributed by atoms with E-state index in [1.54, 1.807) is 12.1 Å². The van der Waals surface area contributed by atoms with E-state index in [0.29, 0.717) is 0 Å². The Hall–Kier alpha value is -0.920. The molecule has 0 bridgehead atoms. The van der Waals surface area contributed by atoms with Crippen LogP contribution in [0.25, 0.3) is 0 Å². The summed E-state index contributed by atoms with van der Waals surface area (Å²) in [5.41, 5.74) is 0. The summed E-state index contributed by atoms with van der Waals surface area (Å²) in [5, 5.41) is 9.36. The molecule has 1 fully saturated rings. The molecule has 1 unspecified atom stereocenters. The summed E-state index contributed by atoms with van der Waals surface area (Å²) in [5.74, 6) is -1.20. The lowest BCUT2D eigenvalue weighted by Gasteiger charge is -2.27. The van der Waals surface area contributed by atoms with Gasteiger partial charge in [0, 0.05) is 4.88 Å². The van der Waals surface area contributed by atoms with Gasteiger partial charge in [-0.15, -0.1) is 11.3 Å². The number of carboxylic acids is 1. The van der Waals surface area contributed by atoms with Crippen molar-refractivity contribution < 1.29 is 18.3 Å². The average molecular weight is 331 g/mol. The maximum absolute atomic E-state index is 12.4. The summed E-state index contributed by atoms with van der Waals surface area (Å²) in [6.45, 7) is 1.96. The maximum atomic E-state index is 12.4. The molecule has 0 amide bonds. The Labute approximate surface area is 129 Å². The van der Waals surface area contributed by atoms with Gasteiger partial charge in [-0.2, -0.15) is 4.72 Å².